The second kappa shape index (κ2) is 12.0. The van der Waals surface area contributed by atoms with Crippen LogP contribution in [0.25, 0.3) is 0 Å². The second-order valence-electron chi connectivity index (χ2n) is 10.6. The molecule has 0 aliphatic carbocycles. The van der Waals surface area contributed by atoms with Crippen molar-refractivity contribution in [3.05, 3.63) is 95.3 Å². The summed E-state index contributed by atoms with van der Waals surface area (Å²) in [4.78, 5) is 28.3. The molecule has 0 radical (unpaired) electrons. The molecule has 3 rings (SSSR count). The highest BCUT2D eigenvalue weighted by Crippen LogP contribution is 2.27. The number of benzene rings is 3. The maximum absolute atomic E-state index is 14.6. The molecule has 1 N–H and O–H groups in total. The van der Waals surface area contributed by atoms with Crippen molar-refractivity contribution < 1.29 is 22.4 Å². The number of nitrogens with zero attached hydrogens (tertiary/aromatic N) is 2. The fourth-order valence-corrected chi connectivity index (χ4v) is 5.54. The van der Waals surface area contributed by atoms with Crippen molar-refractivity contribution in [3.8, 4) is 0 Å². The van der Waals surface area contributed by atoms with Gasteiger partial charge in [-0.15, -0.1) is 0 Å². The molecule has 39 heavy (non-hydrogen) atoms. The van der Waals surface area contributed by atoms with Crippen molar-refractivity contribution >= 4 is 27.5 Å². The summed E-state index contributed by atoms with van der Waals surface area (Å²) >= 11 is 0. The van der Waals surface area contributed by atoms with Gasteiger partial charge in [-0.3, -0.25) is 13.9 Å². The van der Waals surface area contributed by atoms with Crippen LogP contribution in [0.5, 0.6) is 0 Å². The molecule has 0 saturated carbocycles. The summed E-state index contributed by atoms with van der Waals surface area (Å²) in [5, 5.41) is 2.85. The van der Waals surface area contributed by atoms with Gasteiger partial charge in [-0.05, 0) is 71.4 Å². The number of halogens is 1. The number of nitrogens with one attached hydrogen (secondary N) is 1. The monoisotopic (exact) mass is 553 g/mol. The summed E-state index contributed by atoms with van der Waals surface area (Å²) in [6.07, 6.45) is 0. The Morgan fingerprint density at radius 1 is 0.923 bits per heavy atom. The lowest BCUT2D eigenvalue weighted by atomic mass is 10.1. The van der Waals surface area contributed by atoms with Crippen LogP contribution < -0.4 is 9.62 Å². The van der Waals surface area contributed by atoms with Crippen LogP contribution in [0.1, 0.15) is 44.4 Å². The van der Waals surface area contributed by atoms with Crippen molar-refractivity contribution in [2.75, 3.05) is 10.8 Å². The summed E-state index contributed by atoms with van der Waals surface area (Å²) in [6, 6.07) is 18.2. The van der Waals surface area contributed by atoms with Crippen LogP contribution in [-0.4, -0.2) is 43.3 Å². The highest BCUT2D eigenvalue weighted by molar-refractivity contribution is 7.92. The van der Waals surface area contributed by atoms with E-state index in [1.54, 1.807) is 56.3 Å². The predicted molar refractivity (Wildman–Crippen MR) is 151 cm³/mol. The Morgan fingerprint density at radius 2 is 1.51 bits per heavy atom. The quantitative estimate of drug-likeness (QED) is 0.405. The van der Waals surface area contributed by atoms with Gasteiger partial charge < -0.3 is 10.2 Å². The first-order valence-electron chi connectivity index (χ1n) is 12.7. The van der Waals surface area contributed by atoms with Crippen molar-refractivity contribution in [3.63, 3.8) is 0 Å². The Morgan fingerprint density at radius 3 is 2.10 bits per heavy atom. The van der Waals surface area contributed by atoms with Crippen LogP contribution in [0.15, 0.2) is 77.7 Å². The Bertz CT molecular complexity index is 1430. The van der Waals surface area contributed by atoms with E-state index >= 15 is 0 Å². The van der Waals surface area contributed by atoms with Crippen LogP contribution in [0.4, 0.5) is 10.1 Å². The fraction of sp³-hybridized carbons (Fsp3) is 0.333. The maximum atomic E-state index is 14.6. The lowest BCUT2D eigenvalue weighted by Crippen LogP contribution is -2.54. The van der Waals surface area contributed by atoms with E-state index in [4.69, 9.17) is 0 Å². The molecule has 0 fully saturated rings. The number of amides is 2. The van der Waals surface area contributed by atoms with Gasteiger partial charge >= 0.3 is 0 Å². The van der Waals surface area contributed by atoms with E-state index in [1.807, 2.05) is 27.7 Å². The average Bonchev–Trinajstić information content (AvgIpc) is 2.86. The van der Waals surface area contributed by atoms with Gasteiger partial charge in [-0.1, -0.05) is 54.1 Å². The maximum Gasteiger partial charge on any atom is 0.264 e. The van der Waals surface area contributed by atoms with Gasteiger partial charge in [-0.2, -0.15) is 0 Å². The molecule has 208 valence electrons. The van der Waals surface area contributed by atoms with Gasteiger partial charge in [0.1, 0.15) is 18.4 Å². The standard InChI is InChI=1S/C30H36FN3O4S/c1-21-15-17-25(18-16-21)39(37,38)34(27-14-10-7-11-22(27)2)20-28(35)33(19-24-12-8-9-13-26(24)31)23(3)29(36)32-30(4,5)6/h7-18,23H,19-20H2,1-6H3,(H,32,36). The fourth-order valence-electron chi connectivity index (χ4n) is 4.06. The minimum Gasteiger partial charge on any atom is -0.350 e. The highest BCUT2D eigenvalue weighted by Gasteiger charge is 2.34. The van der Waals surface area contributed by atoms with Gasteiger partial charge in [-0.25, -0.2) is 12.8 Å². The van der Waals surface area contributed by atoms with E-state index in [-0.39, 0.29) is 17.0 Å². The van der Waals surface area contributed by atoms with Crippen molar-refractivity contribution in [1.29, 1.82) is 0 Å². The van der Waals surface area contributed by atoms with E-state index in [0.29, 0.717) is 11.3 Å². The number of carbonyl (C=O) groups excluding carboxylic acids is 2. The molecule has 0 bridgehead atoms. The lowest BCUT2D eigenvalue weighted by Gasteiger charge is -2.34. The largest absolute Gasteiger partial charge is 0.350 e. The Balaban J connectivity index is 2.06. The lowest BCUT2D eigenvalue weighted by molar-refractivity contribution is -0.140. The first-order valence-corrected chi connectivity index (χ1v) is 14.1. The van der Waals surface area contributed by atoms with Crippen LogP contribution >= 0.6 is 0 Å². The summed E-state index contributed by atoms with van der Waals surface area (Å²) in [7, 11) is -4.17. The zero-order valence-electron chi connectivity index (χ0n) is 23.2. The van der Waals surface area contributed by atoms with E-state index in [9.17, 15) is 22.4 Å². The molecular formula is C30H36FN3O4S. The first-order chi connectivity index (χ1) is 18.2. The van der Waals surface area contributed by atoms with Gasteiger partial charge in [0, 0.05) is 17.6 Å². The number of para-hydroxylation sites is 1. The van der Waals surface area contributed by atoms with Crippen LogP contribution in [-0.2, 0) is 26.2 Å². The molecule has 1 unspecified atom stereocenters. The van der Waals surface area contributed by atoms with Gasteiger partial charge in [0.05, 0.1) is 10.6 Å². The zero-order valence-corrected chi connectivity index (χ0v) is 24.0. The van der Waals surface area contributed by atoms with E-state index in [2.05, 4.69) is 5.32 Å². The van der Waals surface area contributed by atoms with Crippen molar-refractivity contribution in [1.82, 2.24) is 10.2 Å². The molecule has 0 saturated heterocycles. The molecule has 0 aromatic heterocycles. The summed E-state index contributed by atoms with van der Waals surface area (Å²) in [5.41, 5.74) is 1.52. The molecular weight excluding hydrogens is 517 g/mol. The number of hydrogen-bond acceptors (Lipinski definition) is 4. The third-order valence-corrected chi connectivity index (χ3v) is 8.01. The van der Waals surface area contributed by atoms with Crippen LogP contribution in [0, 0.1) is 19.7 Å². The highest BCUT2D eigenvalue weighted by atomic mass is 32.2. The van der Waals surface area contributed by atoms with E-state index < -0.39 is 45.8 Å². The number of aryl methyl sites for hydroxylation is 2. The van der Waals surface area contributed by atoms with Crippen LogP contribution in [0.3, 0.4) is 0 Å². The molecule has 0 heterocycles. The van der Waals surface area contributed by atoms with Gasteiger partial charge in [0.15, 0.2) is 0 Å². The first kappa shape index (κ1) is 29.8. The Labute approximate surface area is 230 Å². The SMILES string of the molecule is Cc1ccc(S(=O)(=O)N(CC(=O)N(Cc2ccccc2F)C(C)C(=O)NC(C)(C)C)c2ccccc2C)cc1. The topological polar surface area (TPSA) is 86.8 Å². The van der Waals surface area contributed by atoms with Gasteiger partial charge in [0.2, 0.25) is 11.8 Å². The summed E-state index contributed by atoms with van der Waals surface area (Å²) in [5.74, 6) is -1.61. The molecule has 9 heteroatoms. The van der Waals surface area contributed by atoms with E-state index in [0.717, 1.165) is 9.87 Å². The third kappa shape index (κ3) is 7.44. The Kier molecular flexibility index (Phi) is 9.17. The number of anilines is 1. The smallest absolute Gasteiger partial charge is 0.264 e. The normalized spacial score (nSPS) is 12.5. The van der Waals surface area contributed by atoms with Crippen molar-refractivity contribution in [2.45, 2.75) is 64.6 Å². The minimum atomic E-state index is -4.17. The average molecular weight is 554 g/mol. The number of rotatable bonds is 9. The molecule has 0 spiro atoms. The van der Waals surface area contributed by atoms with Gasteiger partial charge in [0.25, 0.3) is 10.0 Å². The number of sulfonamides is 1. The van der Waals surface area contributed by atoms with Crippen molar-refractivity contribution in [2.24, 2.45) is 0 Å². The molecule has 3 aromatic rings. The summed E-state index contributed by atoms with van der Waals surface area (Å²) < 4.78 is 43.4. The molecule has 0 aliphatic rings. The molecule has 3 aromatic carbocycles. The van der Waals surface area contributed by atoms with Crippen LogP contribution in [0.2, 0.25) is 0 Å². The number of carbonyl (C=O) groups is 2. The molecule has 1 atom stereocenters. The molecule has 7 nitrogen and oxygen atoms in total. The Hall–Kier alpha value is -3.72. The number of hydrogen-bond donors (Lipinski definition) is 1. The molecule has 0 aliphatic heterocycles. The molecule has 2 amide bonds. The second-order valence-corrected chi connectivity index (χ2v) is 12.5. The predicted octanol–water partition coefficient (Wildman–Crippen LogP) is 4.97. The zero-order chi connectivity index (χ0) is 29.0. The minimum absolute atomic E-state index is 0.0309. The summed E-state index contributed by atoms with van der Waals surface area (Å²) in [6.45, 7) is 9.81. The van der Waals surface area contributed by atoms with E-state index in [1.165, 1.54) is 35.2 Å². The third-order valence-electron chi connectivity index (χ3n) is 6.24.